The van der Waals surface area contributed by atoms with Gasteiger partial charge in [-0.05, 0) is 45.7 Å². The first-order chi connectivity index (χ1) is 37.2. The number of hydrogen-bond donors (Lipinski definition) is 4. The number of phenols is 1. The molecule has 21 nitrogen and oxygen atoms in total. The van der Waals surface area contributed by atoms with Crippen molar-refractivity contribution < 1.29 is 76.5 Å². The second kappa shape index (κ2) is 26.3. The highest BCUT2D eigenvalue weighted by molar-refractivity contribution is 7.44. The molecule has 0 saturated carbocycles. The minimum atomic E-state index is -2.05. The number of hydrogen-bond acceptors (Lipinski definition) is 20. The molecule has 5 bridgehead atoms. The Labute approximate surface area is 465 Å². The van der Waals surface area contributed by atoms with E-state index in [9.17, 15) is 43.3 Å². The molecular formula is C56H77N5O16P2. The lowest BCUT2D eigenvalue weighted by Crippen LogP contribution is -2.50. The molecule has 0 unspecified atom stereocenters. The number of aromatic hydroxyl groups is 1. The number of nitrogens with zero attached hydrogens (tertiary/aromatic N) is 3. The Morgan fingerprint density at radius 2 is 1.61 bits per heavy atom. The smallest absolute Gasteiger partial charge is 0.320 e. The number of methoxy groups -OCH3 is 1. The summed E-state index contributed by atoms with van der Waals surface area (Å²) in [4.78, 5) is 92.4. The van der Waals surface area contributed by atoms with E-state index in [1.807, 2.05) is 0 Å². The number of benzene rings is 1. The number of allylic oxidation sites excluding steroid dienone is 4. The van der Waals surface area contributed by atoms with Crippen molar-refractivity contribution in [3.05, 3.63) is 69.3 Å². The van der Waals surface area contributed by atoms with Gasteiger partial charge in [0.15, 0.2) is 16.9 Å². The van der Waals surface area contributed by atoms with Crippen LogP contribution in [0.4, 0.5) is 0 Å². The number of amides is 1. The lowest BCUT2D eigenvalue weighted by Gasteiger charge is -2.39. The molecule has 4 N–H and O–H groups in total. The molecule has 23 heteroatoms. The van der Waals surface area contributed by atoms with E-state index in [4.69, 9.17) is 33.4 Å². The van der Waals surface area contributed by atoms with Crippen molar-refractivity contribution in [2.45, 2.75) is 143 Å². The number of carbonyl (C=O) groups excluding carboxylic acids is 6. The number of aliphatic hydroxyl groups is 1. The zero-order valence-electron chi connectivity index (χ0n) is 47.5. The maximum absolute atomic E-state index is 15.0. The minimum absolute atomic E-state index is 0.00540. The third kappa shape index (κ3) is 13.9. The fourth-order valence-corrected chi connectivity index (χ4v) is 11.7. The minimum Gasteiger partial charge on any atom is -0.507 e. The molecule has 6 rings (SSSR count). The number of fused-ring (bicyclic) bond motifs is 3. The second-order valence-electron chi connectivity index (χ2n) is 22.2. The van der Waals surface area contributed by atoms with Gasteiger partial charge < -0.3 is 54.2 Å². The lowest BCUT2D eigenvalue weighted by atomic mass is 9.77. The molecule has 1 spiro atoms. The molecule has 1 amide bonds. The molecule has 4 aliphatic heterocycles. The van der Waals surface area contributed by atoms with Gasteiger partial charge in [-0.2, -0.15) is 0 Å². The summed E-state index contributed by atoms with van der Waals surface area (Å²) in [7, 11) is 2.39. The van der Waals surface area contributed by atoms with Crippen molar-refractivity contribution in [3.63, 3.8) is 0 Å². The number of likely N-dealkylation sites (tertiary alicyclic amines) is 1. The molecule has 5 aliphatic rings. The fraction of sp³-hybridized carbons (Fsp3) is 0.625. The van der Waals surface area contributed by atoms with Gasteiger partial charge in [0.05, 0.1) is 47.6 Å². The number of ketones is 2. The summed E-state index contributed by atoms with van der Waals surface area (Å²) in [6, 6.07) is 0. The van der Waals surface area contributed by atoms with Crippen molar-refractivity contribution in [2.75, 3.05) is 53.5 Å². The number of Topliss-reactive ketones (excluding diaryl/α,β-unsaturated/α-hetero) is 2. The number of esters is 3. The standard InChI is InChI=1S/C56H77N5O16P2/c1-28(2)25-61-21-19-56(20-22-61)58-43-40-41-47(66)34(8)52-42(40)53(68)55(11,77-52)74-27-31(5)49(72-13)35(9)51(75-36(10)62)33(7)46(65)32(6)50(29(3)15-14-16-30(4)54(69)57-45(48(41)67)44(43)59-56)76-38(64)26-60(12)23-24-73-37(63)17-18-39(78-70)79-71/h14-16,27-29,32-33,35,39,46,49-51,59,65-66H,17-26H2,1-13H3,(H,57,69)/b15-14+,30-16-,31-27+/t29-,32-,33+,35+,46+,49-,50-,51-,55-/m0/s1. The van der Waals surface area contributed by atoms with Gasteiger partial charge in [0.2, 0.25) is 5.78 Å². The predicted octanol–water partition coefficient (Wildman–Crippen LogP) is 6.72. The van der Waals surface area contributed by atoms with Gasteiger partial charge in [0.25, 0.3) is 11.7 Å². The van der Waals surface area contributed by atoms with Gasteiger partial charge in [0, 0.05) is 107 Å². The Bertz CT molecular complexity index is 2720. The first kappa shape index (κ1) is 62.5. The molecule has 1 saturated heterocycles. The number of ether oxygens (including phenoxy) is 6. The van der Waals surface area contributed by atoms with Crippen LogP contribution in [0.1, 0.15) is 127 Å². The molecule has 1 aromatic rings. The van der Waals surface area contributed by atoms with Crippen LogP contribution >= 0.6 is 16.9 Å². The molecule has 1 aromatic carbocycles. The Hall–Kier alpha value is -5.69. The number of aliphatic imine (C=N–C) groups is 1. The van der Waals surface area contributed by atoms with Crippen LogP contribution in [-0.2, 0) is 52.0 Å². The number of rotatable bonds is 15. The van der Waals surface area contributed by atoms with Gasteiger partial charge in [-0.3, -0.25) is 47.8 Å². The van der Waals surface area contributed by atoms with E-state index in [-0.39, 0.29) is 100 Å². The van der Waals surface area contributed by atoms with E-state index in [1.54, 1.807) is 65.6 Å². The van der Waals surface area contributed by atoms with E-state index in [1.165, 1.54) is 40.2 Å². The molecule has 9 atom stereocenters. The fourth-order valence-electron chi connectivity index (χ4n) is 11.1. The number of aliphatic hydroxyl groups excluding tert-OH is 1. The van der Waals surface area contributed by atoms with Gasteiger partial charge in [-0.1, -0.05) is 59.8 Å². The van der Waals surface area contributed by atoms with Crippen LogP contribution in [0.25, 0.3) is 0 Å². The van der Waals surface area contributed by atoms with E-state index < -0.39 is 106 Å². The third-order valence-electron chi connectivity index (χ3n) is 15.5. The highest BCUT2D eigenvalue weighted by Gasteiger charge is 2.55. The van der Waals surface area contributed by atoms with Crippen molar-refractivity contribution in [2.24, 2.45) is 34.6 Å². The summed E-state index contributed by atoms with van der Waals surface area (Å²) >= 11 is 0. The summed E-state index contributed by atoms with van der Waals surface area (Å²) in [5.74, 6) is -9.03. The molecule has 0 aromatic heterocycles. The summed E-state index contributed by atoms with van der Waals surface area (Å²) in [5.41, 5.74) is -0.212. The highest BCUT2D eigenvalue weighted by Crippen LogP contribution is 2.50. The highest BCUT2D eigenvalue weighted by atomic mass is 31.1. The summed E-state index contributed by atoms with van der Waals surface area (Å²) in [6.45, 7) is 20.7. The molecular weight excluding hydrogens is 1060 g/mol. The largest absolute Gasteiger partial charge is 0.507 e. The van der Waals surface area contributed by atoms with E-state index in [2.05, 4.69) is 29.4 Å². The lowest BCUT2D eigenvalue weighted by molar-refractivity contribution is -0.166. The van der Waals surface area contributed by atoms with Crippen LogP contribution in [0.2, 0.25) is 0 Å². The summed E-state index contributed by atoms with van der Waals surface area (Å²) in [5, 5.41) is 29.9. The average molecular weight is 1140 g/mol. The molecule has 4 heterocycles. The van der Waals surface area contributed by atoms with Gasteiger partial charge in [-0.15, -0.1) is 0 Å². The van der Waals surface area contributed by atoms with E-state index >= 15 is 4.79 Å². The predicted molar refractivity (Wildman–Crippen MR) is 292 cm³/mol. The second-order valence-corrected chi connectivity index (χ2v) is 24.2. The zero-order valence-corrected chi connectivity index (χ0v) is 49.3. The SMILES string of the molecule is CO[C@H]1/C(C)=C/O[C@@]2(C)Oc3c(C)c(O)c4c(c3C2=O)C2=NC3(CCN(CC(C)C)CC3)NC2=C(NC(=O)/C(C)=C\C=C\[C@H](C)[C@H](OC(=O)CN(C)CCOC(=O)CCC(P=O)P=O)[C@@H](C)[C@@H](O)[C@@H](C)[C@H](OC(C)=O)[C@@H]1C)C4=O. The first-order valence-corrected chi connectivity index (χ1v) is 28.6. The van der Waals surface area contributed by atoms with Gasteiger partial charge in [-0.25, -0.2) is 0 Å². The van der Waals surface area contributed by atoms with Crippen LogP contribution in [0.3, 0.4) is 0 Å². The van der Waals surface area contributed by atoms with E-state index in [0.29, 0.717) is 37.4 Å². The molecule has 79 heavy (non-hydrogen) atoms. The van der Waals surface area contributed by atoms with Crippen LogP contribution in [0.5, 0.6) is 11.5 Å². The average Bonchev–Trinajstić information content (AvgIpc) is 4.12. The maximum Gasteiger partial charge on any atom is 0.320 e. The Kier molecular flexibility index (Phi) is 20.8. The van der Waals surface area contributed by atoms with Crippen LogP contribution < -0.4 is 15.4 Å². The van der Waals surface area contributed by atoms with Crippen molar-refractivity contribution >= 4 is 58.0 Å². The number of nitrogens with one attached hydrogen (secondary N) is 2. The van der Waals surface area contributed by atoms with Crippen molar-refractivity contribution in [3.8, 4) is 11.5 Å². The van der Waals surface area contributed by atoms with Crippen molar-refractivity contribution in [1.29, 1.82) is 0 Å². The quantitative estimate of drug-likeness (QED) is 0.0806. The van der Waals surface area contributed by atoms with Crippen LogP contribution in [0.15, 0.2) is 52.0 Å². The Morgan fingerprint density at radius 3 is 2.23 bits per heavy atom. The Morgan fingerprint density at radius 1 is 0.949 bits per heavy atom. The summed E-state index contributed by atoms with van der Waals surface area (Å²) in [6.07, 6.45) is 3.01. The molecule has 432 valence electrons. The molecule has 1 aliphatic carbocycles. The normalized spacial score (nSPS) is 29.6. The van der Waals surface area contributed by atoms with Crippen molar-refractivity contribution in [1.82, 2.24) is 20.4 Å². The van der Waals surface area contributed by atoms with Gasteiger partial charge >= 0.3 is 23.7 Å². The maximum atomic E-state index is 15.0. The van der Waals surface area contributed by atoms with Crippen LogP contribution in [-0.4, -0.2) is 156 Å². The monoisotopic (exact) mass is 1140 g/mol. The number of phenolic OH excluding ortho intramolecular Hbond substituents is 1. The first-order valence-electron chi connectivity index (χ1n) is 26.8. The number of likely N-dealkylation sites (N-methyl/N-ethyl adjacent to an activating group) is 1. The topological polar surface area (TPSA) is 275 Å². The zero-order chi connectivity index (χ0) is 58.4. The number of piperidine rings is 1. The third-order valence-corrected chi connectivity index (χ3v) is 17.0. The van der Waals surface area contributed by atoms with Crippen LogP contribution in [0, 0.1) is 36.5 Å². The number of carbonyl (C=O) groups is 6. The van der Waals surface area contributed by atoms with E-state index in [0.717, 1.165) is 6.54 Å². The summed E-state index contributed by atoms with van der Waals surface area (Å²) < 4.78 is 58.3. The molecule has 1 fully saturated rings. The Balaban J connectivity index is 1.40. The van der Waals surface area contributed by atoms with Gasteiger partial charge in [0.1, 0.15) is 47.1 Å². The molecule has 0 radical (unpaired) electrons.